The van der Waals surface area contributed by atoms with Gasteiger partial charge >= 0.3 is 0 Å². The van der Waals surface area contributed by atoms with Gasteiger partial charge < -0.3 is 14.6 Å². The van der Waals surface area contributed by atoms with Crippen molar-refractivity contribution < 1.29 is 14.6 Å². The first kappa shape index (κ1) is 15.9. The Morgan fingerprint density at radius 1 is 1.04 bits per heavy atom. The zero-order chi connectivity index (χ0) is 17.1. The molecule has 1 aromatic heterocycles. The summed E-state index contributed by atoms with van der Waals surface area (Å²) in [5.74, 6) is 2.02. The van der Waals surface area contributed by atoms with Crippen LogP contribution >= 0.6 is 0 Å². The van der Waals surface area contributed by atoms with Crippen LogP contribution < -0.4 is 9.47 Å². The molecule has 0 atom stereocenters. The summed E-state index contributed by atoms with van der Waals surface area (Å²) in [5.41, 5.74) is 3.47. The van der Waals surface area contributed by atoms with E-state index in [1.54, 1.807) is 24.4 Å². The number of rotatable bonds is 5. The van der Waals surface area contributed by atoms with Crippen molar-refractivity contribution >= 4 is 0 Å². The average Bonchev–Trinajstić information content (AvgIpc) is 2.94. The molecule has 0 amide bonds. The van der Waals surface area contributed by atoms with Crippen LogP contribution in [0.1, 0.15) is 18.1 Å². The molecule has 0 unspecified atom stereocenters. The van der Waals surface area contributed by atoms with Crippen LogP contribution in [0, 0.1) is 13.8 Å². The number of hydrogen-bond donors (Lipinski definition) is 2. The fraction of sp³-hybridized carbons (Fsp3) is 0.211. The normalized spacial score (nSPS) is 10.6. The monoisotopic (exact) mass is 324 g/mol. The number of aromatic nitrogens is 2. The number of ether oxygens (including phenoxy) is 2. The summed E-state index contributed by atoms with van der Waals surface area (Å²) in [6.07, 6.45) is 1.60. The summed E-state index contributed by atoms with van der Waals surface area (Å²) < 4.78 is 11.4. The highest BCUT2D eigenvalue weighted by molar-refractivity contribution is 5.73. The number of aromatic hydroxyl groups is 1. The second-order valence-corrected chi connectivity index (χ2v) is 5.65. The minimum atomic E-state index is 0.107. The molecule has 0 aliphatic heterocycles. The predicted molar refractivity (Wildman–Crippen MR) is 92.8 cm³/mol. The quantitative estimate of drug-likeness (QED) is 0.720. The van der Waals surface area contributed by atoms with Crippen LogP contribution in [0.3, 0.4) is 0 Å². The van der Waals surface area contributed by atoms with E-state index in [2.05, 4.69) is 16.3 Å². The molecule has 24 heavy (non-hydrogen) atoms. The molecule has 3 rings (SSSR count). The van der Waals surface area contributed by atoms with Crippen molar-refractivity contribution in [3.8, 4) is 34.3 Å². The van der Waals surface area contributed by atoms with E-state index in [-0.39, 0.29) is 5.75 Å². The third kappa shape index (κ3) is 3.35. The average molecular weight is 324 g/mol. The number of H-pyrrole nitrogens is 1. The highest BCUT2D eigenvalue weighted by atomic mass is 16.5. The molecule has 0 saturated heterocycles. The van der Waals surface area contributed by atoms with E-state index in [9.17, 15) is 5.11 Å². The van der Waals surface area contributed by atoms with Crippen molar-refractivity contribution in [3.63, 3.8) is 0 Å². The van der Waals surface area contributed by atoms with Crippen molar-refractivity contribution in [2.45, 2.75) is 20.8 Å². The lowest BCUT2D eigenvalue weighted by atomic mass is 10.1. The number of phenols is 1. The molecule has 0 fully saturated rings. The van der Waals surface area contributed by atoms with Crippen LogP contribution in [0.5, 0.6) is 23.0 Å². The van der Waals surface area contributed by atoms with Crippen LogP contribution in [-0.2, 0) is 0 Å². The predicted octanol–water partition coefficient (Wildman–Crippen LogP) is 4.59. The Morgan fingerprint density at radius 2 is 1.79 bits per heavy atom. The molecule has 5 nitrogen and oxygen atoms in total. The van der Waals surface area contributed by atoms with Crippen molar-refractivity contribution in [2.24, 2.45) is 0 Å². The SMILES string of the molecule is CCOc1ccc(-c2[nH]ncc2Oc2cc(C)cc(C)c2)c(O)c1. The minimum absolute atomic E-state index is 0.107. The lowest BCUT2D eigenvalue weighted by Gasteiger charge is -2.10. The molecule has 3 aromatic rings. The third-order valence-electron chi connectivity index (χ3n) is 3.58. The molecule has 0 bridgehead atoms. The molecule has 1 heterocycles. The van der Waals surface area contributed by atoms with E-state index in [0.29, 0.717) is 29.4 Å². The van der Waals surface area contributed by atoms with Gasteiger partial charge in [-0.3, -0.25) is 5.10 Å². The Kier molecular flexibility index (Phi) is 4.42. The number of phenolic OH excluding ortho intramolecular Hbond substituents is 1. The van der Waals surface area contributed by atoms with Crippen LogP contribution in [0.4, 0.5) is 0 Å². The topological polar surface area (TPSA) is 67.4 Å². The number of benzene rings is 2. The third-order valence-corrected chi connectivity index (χ3v) is 3.58. The molecule has 0 aliphatic rings. The Labute approximate surface area is 140 Å². The standard InChI is InChI=1S/C19H20N2O3/c1-4-23-14-5-6-16(17(22)10-14)19-18(11-20-21-19)24-15-8-12(2)7-13(3)9-15/h5-11,22H,4H2,1-3H3,(H,20,21). The maximum atomic E-state index is 10.3. The van der Waals surface area contributed by atoms with Crippen molar-refractivity contribution in [2.75, 3.05) is 6.61 Å². The van der Waals surface area contributed by atoms with Gasteiger partial charge in [-0.25, -0.2) is 0 Å². The maximum Gasteiger partial charge on any atom is 0.173 e. The van der Waals surface area contributed by atoms with Crippen molar-refractivity contribution in [1.29, 1.82) is 0 Å². The van der Waals surface area contributed by atoms with Gasteiger partial charge in [0, 0.05) is 11.6 Å². The molecule has 124 valence electrons. The molecular formula is C19H20N2O3. The zero-order valence-electron chi connectivity index (χ0n) is 14.0. The fourth-order valence-electron chi connectivity index (χ4n) is 2.64. The largest absolute Gasteiger partial charge is 0.507 e. The van der Waals surface area contributed by atoms with E-state index < -0.39 is 0 Å². The van der Waals surface area contributed by atoms with Gasteiger partial charge in [0.15, 0.2) is 5.75 Å². The molecule has 0 saturated carbocycles. The highest BCUT2D eigenvalue weighted by Gasteiger charge is 2.15. The summed E-state index contributed by atoms with van der Waals surface area (Å²) in [6.45, 7) is 6.49. The highest BCUT2D eigenvalue weighted by Crippen LogP contribution is 2.38. The molecular weight excluding hydrogens is 304 g/mol. The van der Waals surface area contributed by atoms with Gasteiger partial charge in [-0.1, -0.05) is 6.07 Å². The first-order valence-corrected chi connectivity index (χ1v) is 7.82. The number of hydrogen-bond acceptors (Lipinski definition) is 4. The van der Waals surface area contributed by atoms with Gasteiger partial charge in [-0.2, -0.15) is 5.10 Å². The van der Waals surface area contributed by atoms with E-state index in [1.807, 2.05) is 32.9 Å². The molecule has 2 aromatic carbocycles. The van der Waals surface area contributed by atoms with Gasteiger partial charge in [0.2, 0.25) is 0 Å². The van der Waals surface area contributed by atoms with Gasteiger partial charge in [0.05, 0.1) is 12.8 Å². The van der Waals surface area contributed by atoms with Crippen LogP contribution in [0.25, 0.3) is 11.3 Å². The summed E-state index contributed by atoms with van der Waals surface area (Å²) in [4.78, 5) is 0. The van der Waals surface area contributed by atoms with Gasteiger partial charge in [0.25, 0.3) is 0 Å². The molecule has 5 heteroatoms. The zero-order valence-corrected chi connectivity index (χ0v) is 14.0. The Balaban J connectivity index is 1.93. The first-order chi connectivity index (χ1) is 11.6. The Morgan fingerprint density at radius 3 is 2.46 bits per heavy atom. The van der Waals surface area contributed by atoms with Crippen molar-refractivity contribution in [1.82, 2.24) is 10.2 Å². The first-order valence-electron chi connectivity index (χ1n) is 7.82. The van der Waals surface area contributed by atoms with Crippen LogP contribution in [0.15, 0.2) is 42.6 Å². The number of aromatic amines is 1. The summed E-state index contributed by atoms with van der Waals surface area (Å²) in [7, 11) is 0. The van der Waals surface area contributed by atoms with Crippen LogP contribution in [-0.4, -0.2) is 21.9 Å². The van der Waals surface area contributed by atoms with Gasteiger partial charge in [-0.15, -0.1) is 0 Å². The number of aryl methyl sites for hydroxylation is 2. The van der Waals surface area contributed by atoms with E-state index in [0.717, 1.165) is 16.9 Å². The van der Waals surface area contributed by atoms with E-state index in [1.165, 1.54) is 0 Å². The Bertz CT molecular complexity index is 835. The molecule has 0 aliphatic carbocycles. The molecule has 0 radical (unpaired) electrons. The van der Waals surface area contributed by atoms with E-state index >= 15 is 0 Å². The molecule has 0 spiro atoms. The number of nitrogens with zero attached hydrogens (tertiary/aromatic N) is 1. The Hall–Kier alpha value is -2.95. The van der Waals surface area contributed by atoms with E-state index in [4.69, 9.17) is 9.47 Å². The minimum Gasteiger partial charge on any atom is -0.507 e. The van der Waals surface area contributed by atoms with Gasteiger partial charge in [-0.05, 0) is 56.2 Å². The second-order valence-electron chi connectivity index (χ2n) is 5.65. The fourth-order valence-corrected chi connectivity index (χ4v) is 2.64. The lowest BCUT2D eigenvalue weighted by molar-refractivity contribution is 0.338. The summed E-state index contributed by atoms with van der Waals surface area (Å²) in [5, 5.41) is 17.2. The second kappa shape index (κ2) is 6.66. The van der Waals surface area contributed by atoms with Crippen molar-refractivity contribution in [3.05, 3.63) is 53.7 Å². The number of nitrogens with one attached hydrogen (secondary N) is 1. The molecule has 2 N–H and O–H groups in total. The summed E-state index contributed by atoms with van der Waals surface area (Å²) >= 11 is 0. The summed E-state index contributed by atoms with van der Waals surface area (Å²) in [6, 6.07) is 11.2. The van der Waals surface area contributed by atoms with Crippen LogP contribution in [0.2, 0.25) is 0 Å². The maximum absolute atomic E-state index is 10.3. The van der Waals surface area contributed by atoms with Gasteiger partial charge in [0.1, 0.15) is 22.9 Å². The smallest absolute Gasteiger partial charge is 0.173 e. The lowest BCUT2D eigenvalue weighted by Crippen LogP contribution is -1.92.